The molecule has 0 N–H and O–H groups in total. The Bertz CT molecular complexity index is 625. The van der Waals surface area contributed by atoms with Gasteiger partial charge in [-0.2, -0.15) is 0 Å². The Morgan fingerprint density at radius 1 is 0.913 bits per heavy atom. The van der Waals surface area contributed by atoms with E-state index >= 15 is 0 Å². The van der Waals surface area contributed by atoms with Crippen molar-refractivity contribution in [3.05, 3.63) is 76.3 Å². The van der Waals surface area contributed by atoms with Gasteiger partial charge in [-0.05, 0) is 12.1 Å². The van der Waals surface area contributed by atoms with Crippen LogP contribution >= 0.6 is 0 Å². The Labute approximate surface area is 136 Å². The Morgan fingerprint density at radius 3 is 2.04 bits per heavy atom. The number of hydrogen-bond acceptors (Lipinski definition) is 4. The maximum Gasteiger partial charge on any atom is 0.250 e. The molecule has 1 fully saturated rings. The van der Waals surface area contributed by atoms with Crippen molar-refractivity contribution in [2.24, 2.45) is 0 Å². The second kappa shape index (κ2) is 7.24. The highest BCUT2D eigenvalue weighted by Crippen LogP contribution is 2.20. The molecule has 23 heavy (non-hydrogen) atoms. The highest BCUT2D eigenvalue weighted by molar-refractivity contribution is 5.46. The first-order valence-electron chi connectivity index (χ1n) is 7.95. The van der Waals surface area contributed by atoms with E-state index in [4.69, 9.17) is 0 Å². The third-order valence-electron chi connectivity index (χ3n) is 4.36. The number of hydrogen-bond donors (Lipinski definition) is 0. The van der Waals surface area contributed by atoms with Crippen molar-refractivity contribution in [1.82, 2.24) is 4.90 Å². The van der Waals surface area contributed by atoms with E-state index < -0.39 is 6.04 Å². The topological polar surface area (TPSA) is 49.6 Å². The average Bonchev–Trinajstić information content (AvgIpc) is 2.61. The summed E-state index contributed by atoms with van der Waals surface area (Å²) < 4.78 is 0. The van der Waals surface area contributed by atoms with E-state index in [-0.39, 0.29) is 4.92 Å². The predicted molar refractivity (Wildman–Crippen MR) is 91.3 cm³/mol. The molecule has 2 aromatic rings. The van der Waals surface area contributed by atoms with Crippen LogP contribution in [0.1, 0.15) is 11.6 Å². The van der Waals surface area contributed by atoms with E-state index in [9.17, 15) is 10.1 Å². The molecule has 0 aliphatic carbocycles. The molecule has 0 bridgehead atoms. The summed E-state index contributed by atoms with van der Waals surface area (Å²) in [7, 11) is 0. The van der Waals surface area contributed by atoms with Gasteiger partial charge in [-0.1, -0.05) is 48.5 Å². The van der Waals surface area contributed by atoms with Crippen molar-refractivity contribution >= 4 is 5.69 Å². The Kier molecular flexibility index (Phi) is 4.88. The zero-order valence-corrected chi connectivity index (χ0v) is 13.0. The number of anilines is 1. The van der Waals surface area contributed by atoms with Crippen molar-refractivity contribution < 1.29 is 4.92 Å². The van der Waals surface area contributed by atoms with Crippen molar-refractivity contribution in [3.8, 4) is 0 Å². The zero-order valence-electron chi connectivity index (χ0n) is 13.0. The molecule has 1 heterocycles. The monoisotopic (exact) mass is 311 g/mol. The molecule has 1 aliphatic rings. The fraction of sp³-hybridized carbons (Fsp3) is 0.333. The van der Waals surface area contributed by atoms with Gasteiger partial charge in [0.2, 0.25) is 0 Å². The minimum Gasteiger partial charge on any atom is -0.369 e. The van der Waals surface area contributed by atoms with Gasteiger partial charge in [0.1, 0.15) is 0 Å². The van der Waals surface area contributed by atoms with Crippen LogP contribution in [0.15, 0.2) is 60.7 Å². The lowest BCUT2D eigenvalue weighted by atomic mass is 10.1. The molecule has 5 heteroatoms. The molecule has 3 rings (SSSR count). The highest BCUT2D eigenvalue weighted by Gasteiger charge is 2.27. The van der Waals surface area contributed by atoms with E-state index in [1.807, 2.05) is 48.5 Å². The van der Waals surface area contributed by atoms with Crippen molar-refractivity contribution in [2.75, 3.05) is 37.6 Å². The van der Waals surface area contributed by atoms with Crippen LogP contribution in [0.4, 0.5) is 5.69 Å². The normalized spacial score (nSPS) is 17.0. The van der Waals surface area contributed by atoms with E-state index in [0.29, 0.717) is 6.54 Å². The summed E-state index contributed by atoms with van der Waals surface area (Å²) in [5.74, 6) is 0. The highest BCUT2D eigenvalue weighted by atomic mass is 16.6. The second-order valence-corrected chi connectivity index (χ2v) is 5.84. The zero-order chi connectivity index (χ0) is 16.1. The smallest absolute Gasteiger partial charge is 0.250 e. The molecule has 120 valence electrons. The van der Waals surface area contributed by atoms with E-state index in [1.165, 1.54) is 5.69 Å². The summed E-state index contributed by atoms with van der Waals surface area (Å²) in [6, 6.07) is 19.0. The summed E-state index contributed by atoms with van der Waals surface area (Å²) in [5, 5.41) is 11.4. The molecule has 0 radical (unpaired) electrons. The Morgan fingerprint density at radius 2 is 1.48 bits per heavy atom. The third kappa shape index (κ3) is 3.87. The number of para-hydroxylation sites is 1. The quantitative estimate of drug-likeness (QED) is 0.629. The van der Waals surface area contributed by atoms with Crippen LogP contribution in [0, 0.1) is 10.1 Å². The van der Waals surface area contributed by atoms with Gasteiger partial charge in [0.15, 0.2) is 0 Å². The fourth-order valence-electron chi connectivity index (χ4n) is 3.04. The van der Waals surface area contributed by atoms with E-state index in [2.05, 4.69) is 21.9 Å². The summed E-state index contributed by atoms with van der Waals surface area (Å²) in [6.45, 7) is 3.99. The van der Waals surface area contributed by atoms with Crippen LogP contribution in [-0.2, 0) is 0 Å². The van der Waals surface area contributed by atoms with Crippen molar-refractivity contribution in [3.63, 3.8) is 0 Å². The molecule has 0 amide bonds. The van der Waals surface area contributed by atoms with Crippen LogP contribution < -0.4 is 4.90 Å². The molecule has 2 aromatic carbocycles. The molecular formula is C18H21N3O2. The second-order valence-electron chi connectivity index (χ2n) is 5.84. The Balaban J connectivity index is 1.60. The van der Waals surface area contributed by atoms with E-state index in [0.717, 1.165) is 31.7 Å². The molecule has 5 nitrogen and oxygen atoms in total. The molecule has 1 unspecified atom stereocenters. The maximum absolute atomic E-state index is 11.4. The van der Waals surface area contributed by atoms with Gasteiger partial charge in [-0.15, -0.1) is 0 Å². The van der Waals surface area contributed by atoms with Crippen LogP contribution in [-0.4, -0.2) is 42.5 Å². The predicted octanol–water partition coefficient (Wildman–Crippen LogP) is 2.83. The first-order valence-corrected chi connectivity index (χ1v) is 7.95. The standard InChI is InChI=1S/C18H21N3O2/c22-21(23)18(16-7-3-1-4-8-16)15-19-11-13-20(14-12-19)17-9-5-2-6-10-17/h1-10,18H,11-15H2. The van der Waals surface area contributed by atoms with E-state index in [1.54, 1.807) is 0 Å². The third-order valence-corrected chi connectivity index (χ3v) is 4.36. The number of rotatable bonds is 5. The summed E-state index contributed by atoms with van der Waals surface area (Å²) in [6.07, 6.45) is 0. The lowest BCUT2D eigenvalue weighted by Crippen LogP contribution is -2.48. The lowest BCUT2D eigenvalue weighted by Gasteiger charge is -2.36. The number of piperazine rings is 1. The van der Waals surface area contributed by atoms with Crippen LogP contribution in [0.25, 0.3) is 0 Å². The summed E-state index contributed by atoms with van der Waals surface area (Å²) >= 11 is 0. The van der Waals surface area contributed by atoms with Gasteiger partial charge >= 0.3 is 0 Å². The maximum atomic E-state index is 11.4. The minimum absolute atomic E-state index is 0.168. The molecule has 1 atom stereocenters. The average molecular weight is 311 g/mol. The molecule has 0 saturated carbocycles. The first-order chi connectivity index (χ1) is 11.2. The molecule has 0 aromatic heterocycles. The first kappa shape index (κ1) is 15.5. The Hall–Kier alpha value is -2.40. The number of nitro groups is 1. The summed E-state index contributed by atoms with van der Waals surface area (Å²) in [5.41, 5.74) is 2.00. The molecule has 1 saturated heterocycles. The molecular weight excluding hydrogens is 290 g/mol. The van der Waals surface area contributed by atoms with Gasteiger partial charge < -0.3 is 4.90 Å². The van der Waals surface area contributed by atoms with Crippen molar-refractivity contribution in [2.45, 2.75) is 6.04 Å². The van der Waals surface area contributed by atoms with Crippen molar-refractivity contribution in [1.29, 1.82) is 0 Å². The van der Waals surface area contributed by atoms with Gasteiger partial charge in [0.05, 0.1) is 6.54 Å². The van der Waals surface area contributed by atoms with Crippen LogP contribution in [0.3, 0.4) is 0 Å². The van der Waals surface area contributed by atoms with Gasteiger partial charge in [-0.25, -0.2) is 0 Å². The lowest BCUT2D eigenvalue weighted by molar-refractivity contribution is -0.529. The largest absolute Gasteiger partial charge is 0.369 e. The minimum atomic E-state index is -0.653. The van der Waals surface area contributed by atoms with Crippen LogP contribution in [0.5, 0.6) is 0 Å². The summed E-state index contributed by atoms with van der Waals surface area (Å²) in [4.78, 5) is 15.8. The van der Waals surface area contributed by atoms with Gasteiger partial charge in [-0.3, -0.25) is 15.0 Å². The van der Waals surface area contributed by atoms with Gasteiger partial charge in [0, 0.05) is 42.4 Å². The number of nitrogens with zero attached hydrogens (tertiary/aromatic N) is 3. The van der Waals surface area contributed by atoms with Gasteiger partial charge in [0.25, 0.3) is 6.04 Å². The van der Waals surface area contributed by atoms with Crippen LogP contribution in [0.2, 0.25) is 0 Å². The molecule has 1 aliphatic heterocycles. The number of benzene rings is 2. The molecule has 0 spiro atoms. The fourth-order valence-corrected chi connectivity index (χ4v) is 3.04. The SMILES string of the molecule is O=[N+]([O-])C(CN1CCN(c2ccccc2)CC1)c1ccccc1.